The number of hydrogen-bond acceptors (Lipinski definition) is 10. The topological polar surface area (TPSA) is 195 Å². The van der Waals surface area contributed by atoms with Crippen LogP contribution in [-0.2, 0) is 37.3 Å². The van der Waals surface area contributed by atoms with Crippen LogP contribution in [0.1, 0.15) is 0 Å². The van der Waals surface area contributed by atoms with Crippen LogP contribution < -0.4 is 0 Å². The Morgan fingerprint density at radius 1 is 0.640 bits per heavy atom. The third-order valence-electron chi connectivity index (χ3n) is 2.49. The Bertz CT molecular complexity index is 874. The summed E-state index contributed by atoms with van der Waals surface area (Å²) in [4.78, 5) is -1.63. The number of benzene rings is 2. The van der Waals surface area contributed by atoms with Gasteiger partial charge in [0.2, 0.25) is 0 Å². The molecule has 0 fully saturated rings. The second-order valence-electron chi connectivity index (χ2n) is 4.16. The largest absolute Gasteiger partial charge is 2.00 e. The van der Waals surface area contributed by atoms with Crippen molar-refractivity contribution in [2.75, 3.05) is 0 Å². The average molecular weight is 434 g/mol. The predicted octanol–water partition coefficient (Wildman–Crippen LogP) is 0.00130. The Balaban J connectivity index is 0.000000443. The van der Waals surface area contributed by atoms with Crippen LogP contribution in [0.5, 0.6) is 23.0 Å². The average Bonchev–Trinajstić information content (AvgIpc) is 2.43. The van der Waals surface area contributed by atoms with E-state index in [4.69, 9.17) is 20.4 Å². The molecular formula is C12H10FeO10S2. The zero-order valence-electron chi connectivity index (χ0n) is 11.9. The molecule has 25 heavy (non-hydrogen) atoms. The molecule has 2 rings (SSSR count). The molecule has 0 saturated carbocycles. The molecule has 0 spiro atoms. The number of phenols is 4. The van der Waals surface area contributed by atoms with E-state index in [0.29, 0.717) is 0 Å². The summed E-state index contributed by atoms with van der Waals surface area (Å²) < 4.78 is 62.3. The Morgan fingerprint density at radius 2 is 0.920 bits per heavy atom. The van der Waals surface area contributed by atoms with Crippen molar-refractivity contribution >= 4 is 20.2 Å². The molecule has 4 N–H and O–H groups in total. The molecule has 2 aromatic rings. The molecule has 0 bridgehead atoms. The number of para-hydroxylation sites is 2. The summed E-state index contributed by atoms with van der Waals surface area (Å²) in [6.07, 6.45) is 0. The van der Waals surface area contributed by atoms with E-state index in [1.807, 2.05) is 0 Å². The van der Waals surface area contributed by atoms with Crippen molar-refractivity contribution in [2.24, 2.45) is 0 Å². The molecule has 0 saturated heterocycles. The van der Waals surface area contributed by atoms with E-state index in [2.05, 4.69) is 0 Å². The van der Waals surface area contributed by atoms with Gasteiger partial charge in [-0.15, -0.1) is 0 Å². The third-order valence-corrected chi connectivity index (χ3v) is 4.23. The predicted molar refractivity (Wildman–Crippen MR) is 75.5 cm³/mol. The van der Waals surface area contributed by atoms with Crippen LogP contribution in [0.15, 0.2) is 46.2 Å². The van der Waals surface area contributed by atoms with Gasteiger partial charge in [0.1, 0.15) is 20.2 Å². The smallest absolute Gasteiger partial charge is 0.744 e. The zero-order valence-corrected chi connectivity index (χ0v) is 14.6. The number of hydrogen-bond donors (Lipinski definition) is 4. The first kappa shape index (κ1) is 23.0. The molecule has 0 aliphatic carbocycles. The normalized spacial score (nSPS) is 11.0. The molecule has 2 aromatic carbocycles. The first-order valence-corrected chi connectivity index (χ1v) is 8.61. The number of rotatable bonds is 2. The van der Waals surface area contributed by atoms with Crippen LogP contribution >= 0.6 is 0 Å². The number of phenolic OH excluding ortho intramolecular Hbond substituents is 4. The first-order valence-electron chi connectivity index (χ1n) is 5.79. The van der Waals surface area contributed by atoms with E-state index < -0.39 is 53.0 Å². The fourth-order valence-corrected chi connectivity index (χ4v) is 2.60. The van der Waals surface area contributed by atoms with Crippen molar-refractivity contribution < 1.29 is 63.4 Å². The summed E-state index contributed by atoms with van der Waals surface area (Å²) in [6.45, 7) is 0. The molecule has 10 nitrogen and oxygen atoms in total. The summed E-state index contributed by atoms with van der Waals surface area (Å²) >= 11 is 0. The monoisotopic (exact) mass is 434 g/mol. The van der Waals surface area contributed by atoms with E-state index >= 15 is 0 Å². The molecule has 0 heterocycles. The summed E-state index contributed by atoms with van der Waals surface area (Å²) in [5.74, 6) is -3.08. The van der Waals surface area contributed by atoms with Gasteiger partial charge in [0.25, 0.3) is 0 Å². The van der Waals surface area contributed by atoms with Crippen LogP contribution in [0.3, 0.4) is 0 Å². The number of aromatic hydroxyl groups is 4. The molecule has 13 heteroatoms. The van der Waals surface area contributed by atoms with Crippen LogP contribution in [0.4, 0.5) is 0 Å². The standard InChI is InChI=1S/2C6H6O5S.Fe/c2*7-4-2-1-3-5(6(4)8)12(9,10)11;/h2*1-3,7-8H,(H,9,10,11);/q;;+2/p-2. The Kier molecular flexibility index (Phi) is 7.70. The fourth-order valence-electron chi connectivity index (χ4n) is 1.42. The maximum absolute atomic E-state index is 10.4. The SMILES string of the molecule is O=S(=O)([O-])c1cccc(O)c1O.O=S(=O)([O-])c1cccc(O)c1O.[Fe+2]. The van der Waals surface area contributed by atoms with Gasteiger partial charge in [-0.05, 0) is 24.3 Å². The van der Waals surface area contributed by atoms with Crippen LogP contribution in [0.2, 0.25) is 0 Å². The van der Waals surface area contributed by atoms with Gasteiger partial charge in [-0.3, -0.25) is 0 Å². The molecule has 0 unspecified atom stereocenters. The molecule has 138 valence electrons. The molecule has 0 amide bonds. The molecule has 0 radical (unpaired) electrons. The maximum atomic E-state index is 10.4. The van der Waals surface area contributed by atoms with Crippen molar-refractivity contribution in [3.8, 4) is 23.0 Å². The molecule has 0 aliphatic heterocycles. The first-order chi connectivity index (χ1) is 10.9. The third kappa shape index (κ3) is 6.08. The minimum Gasteiger partial charge on any atom is -0.744 e. The van der Waals surface area contributed by atoms with Gasteiger partial charge in [0, 0.05) is 0 Å². The van der Waals surface area contributed by atoms with Crippen molar-refractivity contribution in [1.29, 1.82) is 0 Å². The van der Waals surface area contributed by atoms with Gasteiger partial charge >= 0.3 is 17.1 Å². The summed E-state index contributed by atoms with van der Waals surface area (Å²) in [5.41, 5.74) is 0. The molecule has 0 atom stereocenters. The summed E-state index contributed by atoms with van der Waals surface area (Å²) in [5, 5.41) is 35.4. The minimum atomic E-state index is -4.72. The van der Waals surface area contributed by atoms with Gasteiger partial charge in [0.05, 0.1) is 9.79 Å². The second kappa shape index (κ2) is 8.38. The molecular weight excluding hydrogens is 424 g/mol. The van der Waals surface area contributed by atoms with E-state index in [-0.39, 0.29) is 17.1 Å². The van der Waals surface area contributed by atoms with E-state index in [9.17, 15) is 25.9 Å². The molecule has 0 aromatic heterocycles. The quantitative estimate of drug-likeness (QED) is 0.284. The van der Waals surface area contributed by atoms with Crippen LogP contribution in [-0.4, -0.2) is 46.4 Å². The van der Waals surface area contributed by atoms with Crippen molar-refractivity contribution in [3.05, 3.63) is 36.4 Å². The van der Waals surface area contributed by atoms with Crippen LogP contribution in [0.25, 0.3) is 0 Å². The van der Waals surface area contributed by atoms with Gasteiger partial charge in [0.15, 0.2) is 23.0 Å². The molecule has 0 aliphatic rings. The Hall–Kier alpha value is -2.02. The van der Waals surface area contributed by atoms with E-state index in [1.165, 1.54) is 0 Å². The van der Waals surface area contributed by atoms with Gasteiger partial charge in [-0.1, -0.05) is 12.1 Å². The Labute approximate surface area is 153 Å². The van der Waals surface area contributed by atoms with E-state index in [0.717, 1.165) is 36.4 Å². The van der Waals surface area contributed by atoms with Crippen molar-refractivity contribution in [3.63, 3.8) is 0 Å². The van der Waals surface area contributed by atoms with Gasteiger partial charge in [-0.2, -0.15) is 0 Å². The summed E-state index contributed by atoms with van der Waals surface area (Å²) in [6, 6.07) is 6.28. The maximum Gasteiger partial charge on any atom is 2.00 e. The van der Waals surface area contributed by atoms with Crippen molar-refractivity contribution in [1.82, 2.24) is 0 Å². The Morgan fingerprint density at radius 3 is 1.12 bits per heavy atom. The van der Waals surface area contributed by atoms with E-state index in [1.54, 1.807) is 0 Å². The second-order valence-corrected chi connectivity index (χ2v) is 6.85. The fraction of sp³-hybridized carbons (Fsp3) is 0. The van der Waals surface area contributed by atoms with Gasteiger partial charge < -0.3 is 29.5 Å². The minimum absolute atomic E-state index is 0. The van der Waals surface area contributed by atoms with Crippen LogP contribution in [0, 0.1) is 0 Å². The van der Waals surface area contributed by atoms with Gasteiger partial charge in [-0.25, -0.2) is 16.8 Å². The van der Waals surface area contributed by atoms with Crippen molar-refractivity contribution in [2.45, 2.75) is 9.79 Å². The summed E-state index contributed by atoms with van der Waals surface area (Å²) in [7, 11) is -9.43. The zero-order chi connectivity index (χ0) is 18.7.